The molecule has 0 saturated carbocycles. The Balaban J connectivity index is 2.35. The van der Waals surface area contributed by atoms with Crippen LogP contribution in [0.15, 0.2) is 36.4 Å². The Kier molecular flexibility index (Phi) is 6.35. The van der Waals surface area contributed by atoms with Gasteiger partial charge in [0.25, 0.3) is 0 Å². The lowest BCUT2D eigenvalue weighted by Gasteiger charge is -2.06. The molecule has 2 heteroatoms. The molecule has 1 aromatic carbocycles. The zero-order chi connectivity index (χ0) is 11.6. The Morgan fingerprint density at radius 1 is 1.25 bits per heavy atom. The summed E-state index contributed by atoms with van der Waals surface area (Å²) in [6, 6.07) is 8.25. The van der Waals surface area contributed by atoms with E-state index in [4.69, 9.17) is 4.74 Å². The van der Waals surface area contributed by atoms with Gasteiger partial charge in [0.2, 0.25) is 0 Å². The van der Waals surface area contributed by atoms with E-state index in [2.05, 4.69) is 24.4 Å². The molecule has 0 aromatic heterocycles. The molecule has 0 fully saturated rings. The fraction of sp³-hybridized carbons (Fsp3) is 0.429. The van der Waals surface area contributed by atoms with Crippen molar-refractivity contribution in [2.24, 2.45) is 0 Å². The van der Waals surface area contributed by atoms with E-state index < -0.39 is 0 Å². The van der Waals surface area contributed by atoms with Crippen LogP contribution < -0.4 is 10.1 Å². The molecule has 0 aliphatic rings. The minimum Gasteiger partial charge on any atom is -0.490 e. The van der Waals surface area contributed by atoms with Crippen LogP contribution in [0.4, 0.5) is 0 Å². The molecule has 88 valence electrons. The van der Waals surface area contributed by atoms with Gasteiger partial charge in [-0.15, -0.1) is 0 Å². The van der Waals surface area contributed by atoms with Gasteiger partial charge < -0.3 is 10.1 Å². The normalized spacial score (nSPS) is 10.9. The summed E-state index contributed by atoms with van der Waals surface area (Å²) in [4.78, 5) is 0. The molecule has 0 spiro atoms. The van der Waals surface area contributed by atoms with Gasteiger partial charge in [0, 0.05) is 6.54 Å². The van der Waals surface area contributed by atoms with Gasteiger partial charge in [0.05, 0.1) is 0 Å². The van der Waals surface area contributed by atoms with Crippen LogP contribution in [0.5, 0.6) is 5.75 Å². The van der Waals surface area contributed by atoms with Crippen molar-refractivity contribution in [3.63, 3.8) is 0 Å². The van der Waals surface area contributed by atoms with Crippen molar-refractivity contribution in [1.82, 2.24) is 5.32 Å². The van der Waals surface area contributed by atoms with E-state index in [1.165, 1.54) is 12.0 Å². The second-order valence-corrected chi connectivity index (χ2v) is 3.70. The second kappa shape index (κ2) is 7.94. The first-order valence-corrected chi connectivity index (χ1v) is 5.90. The summed E-state index contributed by atoms with van der Waals surface area (Å²) in [5.74, 6) is 0.928. The summed E-state index contributed by atoms with van der Waals surface area (Å²) in [6.07, 6.45) is 5.16. The SMILES string of the molecule is C/C=C/COc1ccc(CNCCC)cc1. The van der Waals surface area contributed by atoms with Gasteiger partial charge in [-0.3, -0.25) is 0 Å². The van der Waals surface area contributed by atoms with Crippen molar-refractivity contribution in [1.29, 1.82) is 0 Å². The first-order chi connectivity index (χ1) is 7.86. The highest BCUT2D eigenvalue weighted by Gasteiger charge is 1.94. The van der Waals surface area contributed by atoms with E-state index >= 15 is 0 Å². The van der Waals surface area contributed by atoms with Gasteiger partial charge >= 0.3 is 0 Å². The predicted octanol–water partition coefficient (Wildman–Crippen LogP) is 3.14. The van der Waals surface area contributed by atoms with Gasteiger partial charge in [-0.1, -0.05) is 31.2 Å². The third kappa shape index (κ3) is 4.99. The monoisotopic (exact) mass is 219 g/mol. The molecule has 0 saturated heterocycles. The summed E-state index contributed by atoms with van der Waals surface area (Å²) < 4.78 is 5.52. The van der Waals surface area contributed by atoms with Gasteiger partial charge in [0.1, 0.15) is 12.4 Å². The molecule has 2 nitrogen and oxygen atoms in total. The summed E-state index contributed by atoms with van der Waals surface area (Å²) in [6.45, 7) is 6.81. The molecule has 0 bridgehead atoms. The maximum absolute atomic E-state index is 5.52. The van der Waals surface area contributed by atoms with Crippen molar-refractivity contribution in [3.8, 4) is 5.75 Å². The van der Waals surface area contributed by atoms with Crippen LogP contribution in [0.1, 0.15) is 25.8 Å². The second-order valence-electron chi connectivity index (χ2n) is 3.70. The van der Waals surface area contributed by atoms with Crippen molar-refractivity contribution in [3.05, 3.63) is 42.0 Å². The highest BCUT2D eigenvalue weighted by molar-refractivity contribution is 5.27. The van der Waals surface area contributed by atoms with E-state index in [0.717, 1.165) is 18.8 Å². The lowest BCUT2D eigenvalue weighted by molar-refractivity contribution is 0.362. The molecule has 0 heterocycles. The largest absolute Gasteiger partial charge is 0.490 e. The molecule has 0 radical (unpaired) electrons. The highest BCUT2D eigenvalue weighted by Crippen LogP contribution is 2.11. The van der Waals surface area contributed by atoms with Gasteiger partial charge in [-0.2, -0.15) is 0 Å². The number of nitrogens with one attached hydrogen (secondary N) is 1. The number of hydrogen-bond donors (Lipinski definition) is 1. The maximum atomic E-state index is 5.52. The summed E-state index contributed by atoms with van der Waals surface area (Å²) >= 11 is 0. The molecule has 0 aliphatic carbocycles. The molecule has 1 rings (SSSR count). The Morgan fingerprint density at radius 3 is 2.62 bits per heavy atom. The van der Waals surface area contributed by atoms with Crippen molar-refractivity contribution in [2.45, 2.75) is 26.8 Å². The Bertz CT molecular complexity index is 303. The fourth-order valence-corrected chi connectivity index (χ4v) is 1.35. The molecular formula is C14H21NO. The van der Waals surface area contributed by atoms with E-state index in [1.54, 1.807) is 0 Å². The molecular weight excluding hydrogens is 198 g/mol. The summed E-state index contributed by atoms with van der Waals surface area (Å²) in [5.41, 5.74) is 1.30. The Morgan fingerprint density at radius 2 is 2.00 bits per heavy atom. The van der Waals surface area contributed by atoms with E-state index in [0.29, 0.717) is 6.61 Å². The molecule has 16 heavy (non-hydrogen) atoms. The standard InChI is InChI=1S/C14H21NO/c1-3-5-11-16-14-8-6-13(7-9-14)12-15-10-4-2/h3,5-9,15H,4,10-12H2,1-2H3/b5-3+. The van der Waals surface area contributed by atoms with Crippen LogP contribution in [0.25, 0.3) is 0 Å². The Labute approximate surface area is 98.3 Å². The van der Waals surface area contributed by atoms with Crippen molar-refractivity contribution >= 4 is 0 Å². The number of allylic oxidation sites excluding steroid dienone is 1. The van der Waals surface area contributed by atoms with Gasteiger partial charge in [-0.05, 0) is 37.6 Å². The first-order valence-electron chi connectivity index (χ1n) is 5.90. The van der Waals surface area contributed by atoms with Crippen LogP contribution in [0.3, 0.4) is 0 Å². The molecule has 0 unspecified atom stereocenters. The first kappa shape index (κ1) is 12.8. The lowest BCUT2D eigenvalue weighted by Crippen LogP contribution is -2.13. The quantitative estimate of drug-likeness (QED) is 0.562. The minimum absolute atomic E-state index is 0.643. The van der Waals surface area contributed by atoms with E-state index in [1.807, 2.05) is 31.2 Å². The zero-order valence-corrected chi connectivity index (χ0v) is 10.2. The molecule has 0 amide bonds. The summed E-state index contributed by atoms with van der Waals surface area (Å²) in [7, 11) is 0. The summed E-state index contributed by atoms with van der Waals surface area (Å²) in [5, 5.41) is 3.37. The minimum atomic E-state index is 0.643. The Hall–Kier alpha value is -1.28. The molecule has 0 atom stereocenters. The fourth-order valence-electron chi connectivity index (χ4n) is 1.35. The smallest absolute Gasteiger partial charge is 0.119 e. The zero-order valence-electron chi connectivity index (χ0n) is 10.2. The lowest BCUT2D eigenvalue weighted by atomic mass is 10.2. The van der Waals surface area contributed by atoms with Crippen molar-refractivity contribution in [2.75, 3.05) is 13.2 Å². The molecule has 1 N–H and O–H groups in total. The van der Waals surface area contributed by atoms with Crippen LogP contribution >= 0.6 is 0 Å². The van der Waals surface area contributed by atoms with E-state index in [-0.39, 0.29) is 0 Å². The topological polar surface area (TPSA) is 21.3 Å². The number of ether oxygens (including phenoxy) is 1. The third-order valence-electron chi connectivity index (χ3n) is 2.26. The maximum Gasteiger partial charge on any atom is 0.119 e. The van der Waals surface area contributed by atoms with Crippen LogP contribution in [-0.2, 0) is 6.54 Å². The van der Waals surface area contributed by atoms with Crippen molar-refractivity contribution < 1.29 is 4.74 Å². The van der Waals surface area contributed by atoms with Crippen LogP contribution in [-0.4, -0.2) is 13.2 Å². The highest BCUT2D eigenvalue weighted by atomic mass is 16.5. The number of hydrogen-bond acceptors (Lipinski definition) is 2. The van der Waals surface area contributed by atoms with Gasteiger partial charge in [0.15, 0.2) is 0 Å². The van der Waals surface area contributed by atoms with E-state index in [9.17, 15) is 0 Å². The number of benzene rings is 1. The third-order valence-corrected chi connectivity index (χ3v) is 2.26. The van der Waals surface area contributed by atoms with Crippen LogP contribution in [0, 0.1) is 0 Å². The molecule has 0 aliphatic heterocycles. The van der Waals surface area contributed by atoms with Gasteiger partial charge in [-0.25, -0.2) is 0 Å². The average molecular weight is 219 g/mol. The average Bonchev–Trinajstić information content (AvgIpc) is 2.32. The van der Waals surface area contributed by atoms with Crippen LogP contribution in [0.2, 0.25) is 0 Å². The number of rotatable bonds is 7. The predicted molar refractivity (Wildman–Crippen MR) is 68.7 cm³/mol. The molecule has 1 aromatic rings.